The molecule has 0 atom stereocenters. The Bertz CT molecular complexity index is 255. The summed E-state index contributed by atoms with van der Waals surface area (Å²) in [5, 5.41) is 1.37. The molecule has 0 spiro atoms. The first-order valence-electron chi connectivity index (χ1n) is 3.45. The molecule has 0 nitrogen and oxygen atoms in total. The molecule has 0 aliphatic carbocycles. The van der Waals surface area contributed by atoms with Crippen LogP contribution in [0.3, 0.4) is 0 Å². The van der Waals surface area contributed by atoms with Gasteiger partial charge in [-0.15, -0.1) is 0 Å². The maximum Gasteiger partial charge on any atom is 0.271 e. The van der Waals surface area contributed by atoms with E-state index in [0.29, 0.717) is 5.02 Å². The maximum atomic E-state index is 13.4. The van der Waals surface area contributed by atoms with Crippen LogP contribution in [0.5, 0.6) is 0 Å². The van der Waals surface area contributed by atoms with Crippen molar-refractivity contribution in [3.63, 3.8) is 0 Å². The number of hydrogen-bond acceptors (Lipinski definition) is 0. The number of benzene rings is 1. The van der Waals surface area contributed by atoms with E-state index in [4.69, 9.17) is 11.6 Å². The Balaban J connectivity index is 3.06. The van der Waals surface area contributed by atoms with Gasteiger partial charge in [0.25, 0.3) is 8.41 Å². The first kappa shape index (κ1) is 8.75. The van der Waals surface area contributed by atoms with Gasteiger partial charge in [0, 0.05) is 5.02 Å². The van der Waals surface area contributed by atoms with E-state index in [1.165, 1.54) is 0 Å². The normalized spacial score (nSPS) is 11.6. The Kier molecular flexibility index (Phi) is 2.35. The van der Waals surface area contributed by atoms with Gasteiger partial charge < -0.3 is 4.11 Å². The minimum absolute atomic E-state index is 0.612. The van der Waals surface area contributed by atoms with Crippen molar-refractivity contribution in [1.82, 2.24) is 0 Å². The van der Waals surface area contributed by atoms with Crippen molar-refractivity contribution in [2.45, 2.75) is 13.1 Å². The van der Waals surface area contributed by atoms with Crippen LogP contribution >= 0.6 is 11.6 Å². The van der Waals surface area contributed by atoms with Crippen molar-refractivity contribution in [2.75, 3.05) is 0 Å². The van der Waals surface area contributed by atoms with E-state index in [-0.39, 0.29) is 0 Å². The van der Waals surface area contributed by atoms with Crippen molar-refractivity contribution < 1.29 is 4.11 Å². The van der Waals surface area contributed by atoms with Gasteiger partial charge in [0.05, 0.1) is 0 Å². The fourth-order valence-corrected chi connectivity index (χ4v) is 2.13. The highest BCUT2D eigenvalue weighted by atomic mass is 35.5. The first-order chi connectivity index (χ1) is 5.00. The fraction of sp³-hybridized carbons (Fsp3) is 0.250. The number of halogens is 2. The van der Waals surface area contributed by atoms with Crippen LogP contribution in [0.15, 0.2) is 24.3 Å². The van der Waals surface area contributed by atoms with Crippen LogP contribution < -0.4 is 5.19 Å². The van der Waals surface area contributed by atoms with Crippen LogP contribution in [-0.4, -0.2) is 8.41 Å². The van der Waals surface area contributed by atoms with Gasteiger partial charge in [0.2, 0.25) is 0 Å². The van der Waals surface area contributed by atoms with Crippen LogP contribution in [0.4, 0.5) is 4.11 Å². The number of rotatable bonds is 1. The van der Waals surface area contributed by atoms with Gasteiger partial charge in [-0.3, -0.25) is 0 Å². The zero-order valence-corrected chi connectivity index (χ0v) is 8.32. The topological polar surface area (TPSA) is 0 Å². The Morgan fingerprint density at radius 2 is 2.00 bits per heavy atom. The molecule has 0 unspecified atom stereocenters. The molecule has 0 radical (unpaired) electrons. The fourth-order valence-electron chi connectivity index (χ4n) is 0.858. The Morgan fingerprint density at radius 3 is 2.36 bits per heavy atom. The van der Waals surface area contributed by atoms with Crippen LogP contribution in [-0.2, 0) is 0 Å². The predicted octanol–water partition coefficient (Wildman–Crippen LogP) is 2.72. The number of hydrogen-bond donors (Lipinski definition) is 0. The average molecular weight is 189 g/mol. The van der Waals surface area contributed by atoms with Crippen LogP contribution in [0.25, 0.3) is 0 Å². The highest BCUT2D eigenvalue weighted by Crippen LogP contribution is 2.09. The lowest BCUT2D eigenvalue weighted by Crippen LogP contribution is -2.36. The van der Waals surface area contributed by atoms with E-state index in [1.807, 2.05) is 0 Å². The van der Waals surface area contributed by atoms with Gasteiger partial charge in [-0.25, -0.2) is 0 Å². The molecule has 0 saturated heterocycles. The highest BCUT2D eigenvalue weighted by molar-refractivity contribution is 6.83. The summed E-state index contributed by atoms with van der Waals surface area (Å²) in [6, 6.07) is 7.03. The van der Waals surface area contributed by atoms with E-state index >= 15 is 0 Å². The Morgan fingerprint density at radius 1 is 1.36 bits per heavy atom. The Hall–Kier alpha value is -0.343. The summed E-state index contributed by atoms with van der Waals surface area (Å²) in [7, 11) is -2.65. The van der Waals surface area contributed by atoms with E-state index in [9.17, 15) is 4.11 Å². The molecule has 1 aromatic carbocycles. The second kappa shape index (κ2) is 2.95. The smallest absolute Gasteiger partial charge is 0.271 e. The average Bonchev–Trinajstić information content (AvgIpc) is 1.86. The van der Waals surface area contributed by atoms with Gasteiger partial charge in [0.1, 0.15) is 0 Å². The van der Waals surface area contributed by atoms with E-state index < -0.39 is 8.41 Å². The molecule has 60 valence electrons. The van der Waals surface area contributed by atoms with E-state index in [0.717, 1.165) is 5.19 Å². The molecule has 0 saturated carbocycles. The molecule has 0 aliphatic rings. The summed E-state index contributed by atoms with van der Waals surface area (Å²) in [5.74, 6) is 0. The van der Waals surface area contributed by atoms with Crippen molar-refractivity contribution >= 4 is 25.2 Å². The molecule has 1 aromatic rings. The minimum atomic E-state index is -2.65. The second-order valence-corrected chi connectivity index (χ2v) is 6.94. The first-order valence-corrected chi connectivity index (χ1v) is 6.71. The van der Waals surface area contributed by atoms with Crippen molar-refractivity contribution in [3.8, 4) is 0 Å². The molecule has 1 rings (SSSR count). The van der Waals surface area contributed by atoms with Gasteiger partial charge >= 0.3 is 0 Å². The van der Waals surface area contributed by atoms with Gasteiger partial charge in [-0.05, 0) is 30.4 Å². The summed E-state index contributed by atoms with van der Waals surface area (Å²) in [5.41, 5.74) is 0. The van der Waals surface area contributed by atoms with Gasteiger partial charge in [-0.2, -0.15) is 0 Å². The SMILES string of the molecule is C[Si](C)(F)c1cccc(Cl)c1. The van der Waals surface area contributed by atoms with Crippen LogP contribution in [0, 0.1) is 0 Å². The van der Waals surface area contributed by atoms with E-state index in [2.05, 4.69) is 0 Å². The van der Waals surface area contributed by atoms with Crippen LogP contribution in [0.2, 0.25) is 18.1 Å². The van der Waals surface area contributed by atoms with Crippen molar-refractivity contribution in [1.29, 1.82) is 0 Å². The second-order valence-electron chi connectivity index (χ2n) is 2.98. The molecule has 0 aliphatic heterocycles. The van der Waals surface area contributed by atoms with Gasteiger partial charge in [-0.1, -0.05) is 23.7 Å². The lowest BCUT2D eigenvalue weighted by atomic mass is 10.4. The maximum absolute atomic E-state index is 13.4. The monoisotopic (exact) mass is 188 g/mol. The van der Waals surface area contributed by atoms with Crippen LogP contribution in [0.1, 0.15) is 0 Å². The third-order valence-electron chi connectivity index (χ3n) is 1.51. The van der Waals surface area contributed by atoms with Crippen molar-refractivity contribution in [2.24, 2.45) is 0 Å². The Labute approximate surface area is 72.2 Å². The van der Waals surface area contributed by atoms with Gasteiger partial charge in [0.15, 0.2) is 0 Å². The standard InChI is InChI=1S/C8H10ClFSi/c1-11(2,10)8-5-3-4-7(9)6-8/h3-6H,1-2H3. The largest absolute Gasteiger partial charge is 0.308 e. The lowest BCUT2D eigenvalue weighted by molar-refractivity contribution is 0.822. The summed E-state index contributed by atoms with van der Waals surface area (Å²) in [4.78, 5) is 0. The lowest BCUT2D eigenvalue weighted by Gasteiger charge is -2.10. The highest BCUT2D eigenvalue weighted by Gasteiger charge is 2.22. The molecule has 0 fully saturated rings. The quantitative estimate of drug-likeness (QED) is 0.470. The molecular formula is C8H10ClFSi. The summed E-state index contributed by atoms with van der Waals surface area (Å²) >= 11 is 5.71. The molecule has 0 aromatic heterocycles. The summed E-state index contributed by atoms with van der Waals surface area (Å²) < 4.78 is 13.4. The zero-order valence-electron chi connectivity index (χ0n) is 6.57. The molecule has 0 heterocycles. The molecule has 0 bridgehead atoms. The summed E-state index contributed by atoms with van der Waals surface area (Å²) in [6.45, 7) is 3.30. The molecule has 0 amide bonds. The molecule has 0 N–H and O–H groups in total. The van der Waals surface area contributed by atoms with Crippen molar-refractivity contribution in [3.05, 3.63) is 29.3 Å². The molecule has 3 heteroatoms. The third kappa shape index (κ3) is 2.31. The molecular weight excluding hydrogens is 179 g/mol. The minimum Gasteiger partial charge on any atom is -0.308 e. The zero-order chi connectivity index (χ0) is 8.48. The predicted molar refractivity (Wildman–Crippen MR) is 49.7 cm³/mol. The summed E-state index contributed by atoms with van der Waals surface area (Å²) in [6.07, 6.45) is 0. The third-order valence-corrected chi connectivity index (χ3v) is 3.43. The van der Waals surface area contributed by atoms with E-state index in [1.54, 1.807) is 37.4 Å². The molecule has 11 heavy (non-hydrogen) atoms.